The Balaban J connectivity index is 2.28. The predicted molar refractivity (Wildman–Crippen MR) is 70.7 cm³/mol. The van der Waals surface area contributed by atoms with E-state index in [2.05, 4.69) is 0 Å². The summed E-state index contributed by atoms with van der Waals surface area (Å²) < 4.78 is 15.4. The molecule has 0 atom stereocenters. The van der Waals surface area contributed by atoms with Gasteiger partial charge in [-0.25, -0.2) is 4.79 Å². The highest BCUT2D eigenvalue weighted by Gasteiger charge is 2.24. The topological polar surface area (TPSA) is 44.8 Å². The fraction of sp³-hybridized carbons (Fsp3) is 0.133. The Morgan fingerprint density at radius 3 is 2.58 bits per heavy atom. The molecule has 0 unspecified atom stereocenters. The molecular weight excluding hydrogens is 244 g/mol. The van der Waals surface area contributed by atoms with Gasteiger partial charge >= 0.3 is 5.97 Å². The van der Waals surface area contributed by atoms with Gasteiger partial charge in [0, 0.05) is 0 Å². The quantitative estimate of drug-likeness (QED) is 0.615. The van der Waals surface area contributed by atoms with Gasteiger partial charge in [0.2, 0.25) is 5.76 Å². The summed E-state index contributed by atoms with van der Waals surface area (Å²) in [4.78, 5) is 11.2. The Morgan fingerprint density at radius 2 is 1.95 bits per heavy atom. The zero-order valence-electron chi connectivity index (χ0n) is 10.8. The second-order valence-electron chi connectivity index (χ2n) is 3.78. The first kappa shape index (κ1) is 13.0. The molecule has 0 aliphatic carbocycles. The number of allylic oxidation sites excluding steroid dienone is 1. The van der Waals surface area contributed by atoms with Gasteiger partial charge in [-0.15, -0.1) is 0 Å². The lowest BCUT2D eigenvalue weighted by Gasteiger charge is -2.07. The molecule has 4 nitrogen and oxygen atoms in total. The molecular formula is C15H14O4. The Kier molecular flexibility index (Phi) is 4.03. The molecule has 0 saturated heterocycles. The lowest BCUT2D eigenvalue weighted by molar-refractivity contribution is -0.132. The molecule has 2 rings (SSSR count). The van der Waals surface area contributed by atoms with Crippen molar-refractivity contribution in [2.45, 2.75) is 0 Å². The highest BCUT2D eigenvalue weighted by molar-refractivity contribution is 5.88. The van der Waals surface area contributed by atoms with Crippen LogP contribution in [0.4, 0.5) is 0 Å². The van der Waals surface area contributed by atoms with Gasteiger partial charge in [-0.05, 0) is 11.6 Å². The van der Waals surface area contributed by atoms with Crippen LogP contribution in [0, 0.1) is 0 Å². The third kappa shape index (κ3) is 3.04. The van der Waals surface area contributed by atoms with Crippen molar-refractivity contribution in [1.82, 2.24) is 0 Å². The second kappa shape index (κ2) is 5.91. The van der Waals surface area contributed by atoms with Crippen LogP contribution in [-0.4, -0.2) is 20.2 Å². The van der Waals surface area contributed by atoms with E-state index >= 15 is 0 Å². The third-order valence-electron chi connectivity index (χ3n) is 2.57. The van der Waals surface area contributed by atoms with Crippen molar-refractivity contribution in [3.8, 4) is 0 Å². The average molecular weight is 258 g/mol. The van der Waals surface area contributed by atoms with Gasteiger partial charge in [-0.1, -0.05) is 36.4 Å². The summed E-state index contributed by atoms with van der Waals surface area (Å²) in [6, 6.07) is 9.74. The largest absolute Gasteiger partial charge is 0.493 e. The molecule has 1 aliphatic rings. The Morgan fingerprint density at radius 1 is 1.21 bits per heavy atom. The van der Waals surface area contributed by atoms with Crippen molar-refractivity contribution >= 4 is 12.0 Å². The number of rotatable bonds is 4. The van der Waals surface area contributed by atoms with Crippen LogP contribution in [0.5, 0.6) is 0 Å². The monoisotopic (exact) mass is 258 g/mol. The fourth-order valence-corrected chi connectivity index (χ4v) is 1.65. The van der Waals surface area contributed by atoms with Crippen molar-refractivity contribution in [2.75, 3.05) is 14.2 Å². The van der Waals surface area contributed by atoms with E-state index in [1.54, 1.807) is 6.08 Å². The number of ether oxygens (including phenoxy) is 3. The predicted octanol–water partition coefficient (Wildman–Crippen LogP) is 2.64. The fourth-order valence-electron chi connectivity index (χ4n) is 1.65. The van der Waals surface area contributed by atoms with E-state index in [1.807, 2.05) is 36.4 Å². The summed E-state index contributed by atoms with van der Waals surface area (Å²) >= 11 is 0. The summed E-state index contributed by atoms with van der Waals surface area (Å²) in [7, 11) is 2.99. The number of methoxy groups -OCH3 is 2. The number of cyclic esters (lactones) is 1. The van der Waals surface area contributed by atoms with Gasteiger partial charge in [0.25, 0.3) is 0 Å². The van der Waals surface area contributed by atoms with Crippen LogP contribution in [0.1, 0.15) is 5.56 Å². The molecule has 1 heterocycles. The van der Waals surface area contributed by atoms with Crippen LogP contribution in [0.3, 0.4) is 0 Å². The molecule has 98 valence electrons. The molecule has 19 heavy (non-hydrogen) atoms. The first-order chi connectivity index (χ1) is 9.24. The van der Waals surface area contributed by atoms with Crippen molar-refractivity contribution in [2.24, 2.45) is 0 Å². The zero-order chi connectivity index (χ0) is 13.7. The zero-order valence-corrected chi connectivity index (χ0v) is 10.8. The molecule has 0 radical (unpaired) electrons. The number of carbonyl (C=O) groups is 1. The van der Waals surface area contributed by atoms with Gasteiger partial charge < -0.3 is 14.2 Å². The van der Waals surface area contributed by atoms with Crippen LogP contribution in [0.25, 0.3) is 6.08 Å². The van der Waals surface area contributed by atoms with Crippen LogP contribution < -0.4 is 0 Å². The maximum absolute atomic E-state index is 11.2. The Labute approximate surface area is 111 Å². The summed E-state index contributed by atoms with van der Waals surface area (Å²) in [5.41, 5.74) is 1.02. The molecule has 1 aromatic carbocycles. The number of esters is 1. The summed E-state index contributed by atoms with van der Waals surface area (Å²) in [6.07, 6.45) is 4.88. The normalized spacial score (nSPS) is 17.2. The van der Waals surface area contributed by atoms with Gasteiger partial charge in [-0.2, -0.15) is 0 Å². The van der Waals surface area contributed by atoms with Gasteiger partial charge in [0.1, 0.15) is 0 Å². The SMILES string of the molecule is COC1=CC(=O)O/C1=C(\C=C\c1ccccc1)OC. The average Bonchev–Trinajstić information content (AvgIpc) is 2.82. The Bertz CT molecular complexity index is 553. The first-order valence-corrected chi connectivity index (χ1v) is 5.74. The van der Waals surface area contributed by atoms with Crippen LogP contribution in [0.15, 0.2) is 59.8 Å². The smallest absolute Gasteiger partial charge is 0.340 e. The molecule has 0 fully saturated rings. The van der Waals surface area contributed by atoms with Crippen LogP contribution >= 0.6 is 0 Å². The molecule has 4 heteroatoms. The molecule has 0 N–H and O–H groups in total. The number of hydrogen-bond donors (Lipinski definition) is 0. The maximum atomic E-state index is 11.2. The number of carbonyl (C=O) groups excluding carboxylic acids is 1. The molecule has 1 aromatic rings. The minimum absolute atomic E-state index is 0.294. The highest BCUT2D eigenvalue weighted by atomic mass is 16.6. The third-order valence-corrected chi connectivity index (χ3v) is 2.57. The van der Waals surface area contributed by atoms with E-state index in [0.717, 1.165) is 5.56 Å². The van der Waals surface area contributed by atoms with Gasteiger partial charge in [0.15, 0.2) is 11.5 Å². The molecule has 0 bridgehead atoms. The van der Waals surface area contributed by atoms with E-state index in [9.17, 15) is 4.79 Å². The van der Waals surface area contributed by atoms with Crippen molar-refractivity contribution < 1.29 is 19.0 Å². The van der Waals surface area contributed by atoms with Crippen molar-refractivity contribution in [1.29, 1.82) is 0 Å². The second-order valence-corrected chi connectivity index (χ2v) is 3.78. The summed E-state index contributed by atoms with van der Waals surface area (Å²) in [5.74, 6) is 0.624. The minimum Gasteiger partial charge on any atom is -0.493 e. The van der Waals surface area contributed by atoms with Crippen molar-refractivity contribution in [3.05, 3.63) is 65.3 Å². The Hall–Kier alpha value is -2.49. The molecule has 0 aromatic heterocycles. The van der Waals surface area contributed by atoms with E-state index in [0.29, 0.717) is 17.3 Å². The van der Waals surface area contributed by atoms with Crippen LogP contribution in [0.2, 0.25) is 0 Å². The minimum atomic E-state index is -0.463. The molecule has 0 spiro atoms. The van der Waals surface area contributed by atoms with E-state index in [4.69, 9.17) is 14.2 Å². The number of hydrogen-bond acceptors (Lipinski definition) is 4. The molecule has 1 aliphatic heterocycles. The van der Waals surface area contributed by atoms with E-state index in [1.165, 1.54) is 20.3 Å². The van der Waals surface area contributed by atoms with E-state index < -0.39 is 5.97 Å². The van der Waals surface area contributed by atoms with Crippen LogP contribution in [-0.2, 0) is 19.0 Å². The standard InChI is InChI=1S/C15H14O4/c1-17-12(9-8-11-6-4-3-5-7-11)15-13(18-2)10-14(16)19-15/h3-10H,1-2H3/b9-8+,15-12+. The van der Waals surface area contributed by atoms with E-state index in [-0.39, 0.29) is 0 Å². The lowest BCUT2D eigenvalue weighted by Crippen LogP contribution is -1.98. The molecule has 0 saturated carbocycles. The number of benzene rings is 1. The summed E-state index contributed by atoms with van der Waals surface area (Å²) in [6.45, 7) is 0. The van der Waals surface area contributed by atoms with Gasteiger partial charge in [0.05, 0.1) is 20.3 Å². The highest BCUT2D eigenvalue weighted by Crippen LogP contribution is 2.25. The lowest BCUT2D eigenvalue weighted by atomic mass is 10.2. The molecule has 0 amide bonds. The van der Waals surface area contributed by atoms with Gasteiger partial charge in [-0.3, -0.25) is 0 Å². The summed E-state index contributed by atoms with van der Waals surface area (Å²) in [5, 5.41) is 0. The first-order valence-electron chi connectivity index (χ1n) is 5.74. The van der Waals surface area contributed by atoms with Crippen molar-refractivity contribution in [3.63, 3.8) is 0 Å². The maximum Gasteiger partial charge on any atom is 0.340 e.